The van der Waals surface area contributed by atoms with Crippen LogP contribution >= 0.6 is 0 Å². The van der Waals surface area contributed by atoms with Crippen molar-refractivity contribution >= 4 is 5.97 Å². The standard InChI is InChI=1S/C15H21NO4/c1-10(16(3)11(2)15(17)18)12-5-6-13-14(9-12)20-8-4-7-19-13/h5-6,9-11H,4,7-8H2,1-3H3,(H,17,18). The minimum atomic E-state index is -0.825. The van der Waals surface area contributed by atoms with Gasteiger partial charge >= 0.3 is 5.97 Å². The molecule has 20 heavy (non-hydrogen) atoms. The molecule has 0 fully saturated rings. The molecule has 5 nitrogen and oxygen atoms in total. The summed E-state index contributed by atoms with van der Waals surface area (Å²) in [5.41, 5.74) is 1.02. The second-order valence-corrected chi connectivity index (χ2v) is 5.11. The van der Waals surface area contributed by atoms with E-state index in [1.54, 1.807) is 6.92 Å². The van der Waals surface area contributed by atoms with Crippen molar-refractivity contribution in [2.45, 2.75) is 32.4 Å². The Hall–Kier alpha value is -1.75. The van der Waals surface area contributed by atoms with Crippen LogP contribution in [0.4, 0.5) is 0 Å². The van der Waals surface area contributed by atoms with E-state index in [0.717, 1.165) is 23.5 Å². The Bertz CT molecular complexity index is 489. The molecule has 1 aliphatic rings. The second-order valence-electron chi connectivity index (χ2n) is 5.11. The number of nitrogens with zero attached hydrogens (tertiary/aromatic N) is 1. The monoisotopic (exact) mass is 279 g/mol. The van der Waals surface area contributed by atoms with Crippen LogP contribution in [0.15, 0.2) is 18.2 Å². The first kappa shape index (κ1) is 14.7. The minimum Gasteiger partial charge on any atom is -0.490 e. The lowest BCUT2D eigenvalue weighted by Gasteiger charge is -2.28. The largest absolute Gasteiger partial charge is 0.490 e. The number of fused-ring (bicyclic) bond motifs is 1. The van der Waals surface area contributed by atoms with Crippen molar-refractivity contribution in [2.24, 2.45) is 0 Å². The molecule has 1 aromatic rings. The van der Waals surface area contributed by atoms with Gasteiger partial charge in [0.25, 0.3) is 0 Å². The summed E-state index contributed by atoms with van der Waals surface area (Å²) < 4.78 is 11.3. The molecule has 0 radical (unpaired) electrons. The first-order chi connectivity index (χ1) is 9.50. The number of benzene rings is 1. The van der Waals surface area contributed by atoms with Crippen molar-refractivity contribution in [3.8, 4) is 11.5 Å². The SMILES string of the molecule is CC(C(=O)O)N(C)C(C)c1ccc2c(c1)OCCCO2. The van der Waals surface area contributed by atoms with Gasteiger partial charge in [0, 0.05) is 12.5 Å². The maximum atomic E-state index is 11.1. The summed E-state index contributed by atoms with van der Waals surface area (Å²) in [6.07, 6.45) is 0.871. The third kappa shape index (κ3) is 3.04. The lowest BCUT2D eigenvalue weighted by molar-refractivity contribution is -0.142. The summed E-state index contributed by atoms with van der Waals surface area (Å²) >= 11 is 0. The molecule has 5 heteroatoms. The Morgan fingerprint density at radius 2 is 1.90 bits per heavy atom. The zero-order valence-electron chi connectivity index (χ0n) is 12.1. The Balaban J connectivity index is 2.20. The molecule has 2 unspecified atom stereocenters. The molecule has 1 N–H and O–H groups in total. The van der Waals surface area contributed by atoms with E-state index in [2.05, 4.69) is 0 Å². The summed E-state index contributed by atoms with van der Waals surface area (Å²) in [5.74, 6) is 0.671. The Labute approximate surface area is 119 Å². The van der Waals surface area contributed by atoms with Gasteiger partial charge in [-0.05, 0) is 38.6 Å². The van der Waals surface area contributed by atoms with Crippen molar-refractivity contribution in [3.63, 3.8) is 0 Å². The van der Waals surface area contributed by atoms with E-state index in [1.807, 2.05) is 37.1 Å². The van der Waals surface area contributed by atoms with Gasteiger partial charge in [-0.3, -0.25) is 9.69 Å². The van der Waals surface area contributed by atoms with Gasteiger partial charge in [0.15, 0.2) is 11.5 Å². The fraction of sp³-hybridized carbons (Fsp3) is 0.533. The summed E-state index contributed by atoms with van der Waals surface area (Å²) in [7, 11) is 1.81. The van der Waals surface area contributed by atoms with Crippen molar-refractivity contribution in [1.29, 1.82) is 0 Å². The van der Waals surface area contributed by atoms with E-state index in [0.29, 0.717) is 13.2 Å². The quantitative estimate of drug-likeness (QED) is 0.916. The highest BCUT2D eigenvalue weighted by molar-refractivity contribution is 5.72. The first-order valence-electron chi connectivity index (χ1n) is 6.85. The summed E-state index contributed by atoms with van der Waals surface area (Å²) in [4.78, 5) is 12.9. The first-order valence-corrected chi connectivity index (χ1v) is 6.85. The van der Waals surface area contributed by atoms with Gasteiger partial charge < -0.3 is 14.6 Å². The number of rotatable bonds is 4. The minimum absolute atomic E-state index is 0.0155. The third-order valence-electron chi connectivity index (χ3n) is 3.83. The van der Waals surface area contributed by atoms with Crippen LogP contribution in [0, 0.1) is 0 Å². The lowest BCUT2D eigenvalue weighted by atomic mass is 10.1. The normalized spacial score (nSPS) is 17.4. The second kappa shape index (κ2) is 6.13. The molecule has 0 saturated heterocycles. The molecule has 0 saturated carbocycles. The molecule has 0 amide bonds. The Morgan fingerprint density at radius 3 is 2.55 bits per heavy atom. The zero-order valence-corrected chi connectivity index (χ0v) is 12.1. The average molecular weight is 279 g/mol. The van der Waals surface area contributed by atoms with E-state index < -0.39 is 12.0 Å². The number of ether oxygens (including phenoxy) is 2. The van der Waals surface area contributed by atoms with Crippen LogP contribution in [0.1, 0.15) is 31.9 Å². The Morgan fingerprint density at radius 1 is 1.25 bits per heavy atom. The van der Waals surface area contributed by atoms with Crippen LogP contribution in [-0.4, -0.2) is 42.3 Å². The molecule has 1 heterocycles. The van der Waals surface area contributed by atoms with Crippen molar-refractivity contribution in [3.05, 3.63) is 23.8 Å². The van der Waals surface area contributed by atoms with Gasteiger partial charge in [-0.2, -0.15) is 0 Å². The summed E-state index contributed by atoms with van der Waals surface area (Å²) in [6.45, 7) is 4.98. The molecule has 0 aliphatic carbocycles. The van der Waals surface area contributed by atoms with Gasteiger partial charge in [0.05, 0.1) is 13.2 Å². The topological polar surface area (TPSA) is 59.0 Å². The zero-order chi connectivity index (χ0) is 14.7. The molecule has 1 aromatic carbocycles. The van der Waals surface area contributed by atoms with Gasteiger partial charge in [-0.25, -0.2) is 0 Å². The van der Waals surface area contributed by atoms with E-state index in [1.165, 1.54) is 0 Å². The molecule has 0 aromatic heterocycles. The van der Waals surface area contributed by atoms with Crippen LogP contribution in [0.3, 0.4) is 0 Å². The highest BCUT2D eigenvalue weighted by Crippen LogP contribution is 2.33. The van der Waals surface area contributed by atoms with Crippen molar-refractivity contribution < 1.29 is 19.4 Å². The average Bonchev–Trinajstić information content (AvgIpc) is 2.69. The molecule has 110 valence electrons. The number of likely N-dealkylation sites (N-methyl/N-ethyl adjacent to an activating group) is 1. The highest BCUT2D eigenvalue weighted by Gasteiger charge is 2.23. The molecule has 2 atom stereocenters. The summed E-state index contributed by atoms with van der Waals surface area (Å²) in [6, 6.07) is 5.24. The lowest BCUT2D eigenvalue weighted by Crippen LogP contribution is -2.37. The van der Waals surface area contributed by atoms with Gasteiger partial charge in [-0.15, -0.1) is 0 Å². The number of hydrogen-bond donors (Lipinski definition) is 1. The Kier molecular flexibility index (Phi) is 4.49. The van der Waals surface area contributed by atoms with Crippen LogP contribution < -0.4 is 9.47 Å². The molecular formula is C15H21NO4. The van der Waals surface area contributed by atoms with Crippen molar-refractivity contribution in [1.82, 2.24) is 4.90 Å². The van der Waals surface area contributed by atoms with Gasteiger partial charge in [-0.1, -0.05) is 6.07 Å². The fourth-order valence-corrected chi connectivity index (χ4v) is 2.18. The van der Waals surface area contributed by atoms with Gasteiger partial charge in [0.2, 0.25) is 0 Å². The van der Waals surface area contributed by atoms with E-state index in [-0.39, 0.29) is 6.04 Å². The highest BCUT2D eigenvalue weighted by atomic mass is 16.5. The number of carboxylic acids is 1. The maximum Gasteiger partial charge on any atom is 0.320 e. The van der Waals surface area contributed by atoms with Crippen LogP contribution in [0.25, 0.3) is 0 Å². The van der Waals surface area contributed by atoms with E-state index >= 15 is 0 Å². The fourth-order valence-electron chi connectivity index (χ4n) is 2.18. The predicted octanol–water partition coefficient (Wildman–Crippen LogP) is 2.31. The number of aliphatic carboxylic acids is 1. The number of carbonyl (C=O) groups is 1. The van der Waals surface area contributed by atoms with E-state index in [9.17, 15) is 4.79 Å². The maximum absolute atomic E-state index is 11.1. The van der Waals surface area contributed by atoms with Gasteiger partial charge in [0.1, 0.15) is 6.04 Å². The number of carboxylic acid groups (broad SMARTS) is 1. The predicted molar refractivity (Wildman–Crippen MR) is 75.3 cm³/mol. The molecule has 1 aliphatic heterocycles. The molecule has 2 rings (SSSR count). The smallest absolute Gasteiger partial charge is 0.320 e. The van der Waals surface area contributed by atoms with E-state index in [4.69, 9.17) is 14.6 Å². The summed E-state index contributed by atoms with van der Waals surface area (Å²) in [5, 5.41) is 9.09. The molecule has 0 spiro atoms. The van der Waals surface area contributed by atoms with Crippen LogP contribution in [0.2, 0.25) is 0 Å². The molecular weight excluding hydrogens is 258 g/mol. The van der Waals surface area contributed by atoms with Crippen LogP contribution in [0.5, 0.6) is 11.5 Å². The molecule has 0 bridgehead atoms. The van der Waals surface area contributed by atoms with Crippen molar-refractivity contribution in [2.75, 3.05) is 20.3 Å². The number of hydrogen-bond acceptors (Lipinski definition) is 4. The third-order valence-corrected chi connectivity index (χ3v) is 3.83. The van der Waals surface area contributed by atoms with Crippen LogP contribution in [-0.2, 0) is 4.79 Å².